The van der Waals surface area contributed by atoms with Crippen molar-refractivity contribution in [1.29, 1.82) is 0 Å². The molecule has 3 N–H and O–H groups in total. The molecule has 0 radical (unpaired) electrons. The predicted molar refractivity (Wildman–Crippen MR) is 93.6 cm³/mol. The topological polar surface area (TPSA) is 70.1 Å². The SMILES string of the molecule is CC(Nc1nc(NCCO)c2ccccc2n1)c1ccccc1. The summed E-state index contributed by atoms with van der Waals surface area (Å²) in [6, 6.07) is 18.1. The van der Waals surface area contributed by atoms with Crippen LogP contribution < -0.4 is 10.6 Å². The average Bonchev–Trinajstić information content (AvgIpc) is 2.60. The number of rotatable bonds is 6. The maximum atomic E-state index is 9.04. The normalized spacial score (nSPS) is 12.1. The molecule has 1 unspecified atom stereocenters. The van der Waals surface area contributed by atoms with Crippen LogP contribution in [-0.2, 0) is 0 Å². The number of fused-ring (bicyclic) bond motifs is 1. The number of anilines is 2. The highest BCUT2D eigenvalue weighted by molar-refractivity contribution is 5.90. The van der Waals surface area contributed by atoms with E-state index in [1.165, 1.54) is 5.56 Å². The summed E-state index contributed by atoms with van der Waals surface area (Å²) in [5, 5.41) is 16.5. The number of hydrogen-bond donors (Lipinski definition) is 3. The van der Waals surface area contributed by atoms with Gasteiger partial charge in [0, 0.05) is 11.9 Å². The number of aliphatic hydroxyl groups excluding tert-OH is 1. The molecular weight excluding hydrogens is 288 g/mol. The third-order valence-electron chi connectivity index (χ3n) is 3.65. The molecule has 1 heterocycles. The van der Waals surface area contributed by atoms with Crippen molar-refractivity contribution < 1.29 is 5.11 Å². The summed E-state index contributed by atoms with van der Waals surface area (Å²) in [4.78, 5) is 9.14. The lowest BCUT2D eigenvalue weighted by Gasteiger charge is -2.16. The zero-order chi connectivity index (χ0) is 16.1. The van der Waals surface area contributed by atoms with Crippen LogP contribution in [0, 0.1) is 0 Å². The lowest BCUT2D eigenvalue weighted by molar-refractivity contribution is 0.311. The Balaban J connectivity index is 1.91. The molecule has 0 aliphatic carbocycles. The van der Waals surface area contributed by atoms with E-state index < -0.39 is 0 Å². The zero-order valence-corrected chi connectivity index (χ0v) is 13.0. The molecule has 2 aromatic carbocycles. The van der Waals surface area contributed by atoms with E-state index in [1.54, 1.807) is 0 Å². The quantitative estimate of drug-likeness (QED) is 0.652. The molecule has 0 bridgehead atoms. The van der Waals surface area contributed by atoms with E-state index in [0.717, 1.165) is 16.7 Å². The van der Waals surface area contributed by atoms with Gasteiger partial charge in [-0.2, -0.15) is 4.98 Å². The molecule has 0 saturated heterocycles. The van der Waals surface area contributed by atoms with Crippen molar-refractivity contribution in [2.45, 2.75) is 13.0 Å². The van der Waals surface area contributed by atoms with Gasteiger partial charge in [0.1, 0.15) is 5.82 Å². The summed E-state index contributed by atoms with van der Waals surface area (Å²) in [5.41, 5.74) is 2.04. The Morgan fingerprint density at radius 3 is 2.52 bits per heavy atom. The Kier molecular flexibility index (Phi) is 4.68. The van der Waals surface area contributed by atoms with Gasteiger partial charge in [0.2, 0.25) is 5.95 Å². The highest BCUT2D eigenvalue weighted by Crippen LogP contribution is 2.24. The molecule has 0 amide bonds. The third-order valence-corrected chi connectivity index (χ3v) is 3.65. The summed E-state index contributed by atoms with van der Waals surface area (Å²) < 4.78 is 0. The summed E-state index contributed by atoms with van der Waals surface area (Å²) in [6.07, 6.45) is 0. The van der Waals surface area contributed by atoms with Gasteiger partial charge in [-0.25, -0.2) is 4.98 Å². The van der Waals surface area contributed by atoms with Gasteiger partial charge in [0.25, 0.3) is 0 Å². The fourth-order valence-electron chi connectivity index (χ4n) is 2.47. The Hall–Kier alpha value is -2.66. The Bertz CT molecular complexity index is 776. The highest BCUT2D eigenvalue weighted by atomic mass is 16.3. The van der Waals surface area contributed by atoms with Crippen LogP contribution in [0.5, 0.6) is 0 Å². The minimum Gasteiger partial charge on any atom is -0.395 e. The molecule has 1 atom stereocenters. The van der Waals surface area contributed by atoms with Gasteiger partial charge < -0.3 is 15.7 Å². The first-order chi connectivity index (χ1) is 11.3. The Morgan fingerprint density at radius 1 is 1.00 bits per heavy atom. The van der Waals surface area contributed by atoms with Crippen LogP contribution in [0.25, 0.3) is 10.9 Å². The van der Waals surface area contributed by atoms with Gasteiger partial charge in [-0.3, -0.25) is 0 Å². The standard InChI is InChI=1S/C18H20N4O/c1-13(14-7-3-2-4-8-14)20-18-21-16-10-6-5-9-15(16)17(22-18)19-11-12-23/h2-10,13,23H,11-12H2,1H3,(H2,19,20,21,22). The Morgan fingerprint density at radius 2 is 1.74 bits per heavy atom. The molecule has 1 aromatic heterocycles. The van der Waals surface area contributed by atoms with E-state index in [4.69, 9.17) is 5.11 Å². The van der Waals surface area contributed by atoms with Gasteiger partial charge >= 0.3 is 0 Å². The van der Waals surface area contributed by atoms with E-state index in [2.05, 4.69) is 39.7 Å². The fourth-order valence-corrected chi connectivity index (χ4v) is 2.47. The van der Waals surface area contributed by atoms with Crippen LogP contribution in [0.3, 0.4) is 0 Å². The number of benzene rings is 2. The van der Waals surface area contributed by atoms with Crippen molar-refractivity contribution in [1.82, 2.24) is 9.97 Å². The van der Waals surface area contributed by atoms with Crippen LogP contribution in [0.15, 0.2) is 54.6 Å². The lowest BCUT2D eigenvalue weighted by atomic mass is 10.1. The van der Waals surface area contributed by atoms with Crippen LogP contribution in [0.2, 0.25) is 0 Å². The molecule has 5 nitrogen and oxygen atoms in total. The first-order valence-corrected chi connectivity index (χ1v) is 7.71. The second kappa shape index (κ2) is 7.07. The van der Waals surface area contributed by atoms with Crippen molar-refractivity contribution in [3.8, 4) is 0 Å². The first kappa shape index (κ1) is 15.2. The summed E-state index contributed by atoms with van der Waals surface area (Å²) in [6.45, 7) is 2.59. The van der Waals surface area contributed by atoms with Gasteiger partial charge in [-0.15, -0.1) is 0 Å². The fraction of sp³-hybridized carbons (Fsp3) is 0.222. The summed E-state index contributed by atoms with van der Waals surface area (Å²) in [7, 11) is 0. The second-order valence-electron chi connectivity index (χ2n) is 5.34. The highest BCUT2D eigenvalue weighted by Gasteiger charge is 2.10. The maximum Gasteiger partial charge on any atom is 0.225 e. The van der Waals surface area contributed by atoms with Crippen molar-refractivity contribution in [2.75, 3.05) is 23.8 Å². The molecule has 0 spiro atoms. The third kappa shape index (κ3) is 3.57. The molecule has 23 heavy (non-hydrogen) atoms. The molecule has 0 aliphatic rings. The van der Waals surface area contributed by atoms with E-state index in [-0.39, 0.29) is 12.6 Å². The molecule has 3 aromatic rings. The summed E-state index contributed by atoms with van der Waals surface area (Å²) in [5.74, 6) is 1.30. The van der Waals surface area contributed by atoms with Gasteiger partial charge in [0.05, 0.1) is 18.2 Å². The van der Waals surface area contributed by atoms with Crippen LogP contribution >= 0.6 is 0 Å². The molecule has 0 fully saturated rings. The molecular formula is C18H20N4O. The number of aliphatic hydroxyl groups is 1. The van der Waals surface area contributed by atoms with E-state index in [1.807, 2.05) is 42.5 Å². The lowest BCUT2D eigenvalue weighted by Crippen LogP contribution is -2.12. The van der Waals surface area contributed by atoms with Crippen molar-refractivity contribution >= 4 is 22.7 Å². The Labute approximate surface area is 135 Å². The van der Waals surface area contributed by atoms with Crippen molar-refractivity contribution in [3.63, 3.8) is 0 Å². The number of para-hydroxylation sites is 1. The van der Waals surface area contributed by atoms with E-state index >= 15 is 0 Å². The molecule has 3 rings (SSSR count). The number of hydrogen-bond acceptors (Lipinski definition) is 5. The minimum absolute atomic E-state index is 0.0571. The van der Waals surface area contributed by atoms with Crippen molar-refractivity contribution in [3.05, 3.63) is 60.2 Å². The second-order valence-corrected chi connectivity index (χ2v) is 5.34. The van der Waals surface area contributed by atoms with E-state index in [0.29, 0.717) is 12.5 Å². The number of aromatic nitrogens is 2. The maximum absolute atomic E-state index is 9.04. The average molecular weight is 308 g/mol. The van der Waals surface area contributed by atoms with Crippen LogP contribution in [-0.4, -0.2) is 28.2 Å². The monoisotopic (exact) mass is 308 g/mol. The van der Waals surface area contributed by atoms with Crippen LogP contribution in [0.4, 0.5) is 11.8 Å². The predicted octanol–water partition coefficient (Wildman–Crippen LogP) is 3.21. The number of nitrogens with zero attached hydrogens (tertiary/aromatic N) is 2. The van der Waals surface area contributed by atoms with Gasteiger partial charge in [0.15, 0.2) is 0 Å². The zero-order valence-electron chi connectivity index (χ0n) is 13.0. The van der Waals surface area contributed by atoms with Crippen LogP contribution in [0.1, 0.15) is 18.5 Å². The molecule has 5 heteroatoms. The first-order valence-electron chi connectivity index (χ1n) is 7.71. The molecule has 0 saturated carbocycles. The minimum atomic E-state index is 0.0571. The smallest absolute Gasteiger partial charge is 0.225 e. The van der Waals surface area contributed by atoms with Gasteiger partial charge in [-0.1, -0.05) is 42.5 Å². The largest absolute Gasteiger partial charge is 0.395 e. The number of nitrogens with one attached hydrogen (secondary N) is 2. The molecule has 0 aliphatic heterocycles. The molecule has 118 valence electrons. The van der Waals surface area contributed by atoms with Gasteiger partial charge in [-0.05, 0) is 24.6 Å². The van der Waals surface area contributed by atoms with Crippen molar-refractivity contribution in [2.24, 2.45) is 0 Å². The summed E-state index contributed by atoms with van der Waals surface area (Å²) >= 11 is 0. The van der Waals surface area contributed by atoms with E-state index in [9.17, 15) is 0 Å².